The summed E-state index contributed by atoms with van der Waals surface area (Å²) in [7, 11) is 0. The van der Waals surface area contributed by atoms with E-state index >= 15 is 0 Å². The molecule has 1 aliphatic carbocycles. The molecule has 0 unspecified atom stereocenters. The van der Waals surface area contributed by atoms with Crippen molar-refractivity contribution in [2.75, 3.05) is 0 Å². The Morgan fingerprint density at radius 1 is 1.22 bits per heavy atom. The van der Waals surface area contributed by atoms with Gasteiger partial charge in [-0.15, -0.1) is 0 Å². The van der Waals surface area contributed by atoms with Crippen molar-refractivity contribution in [1.82, 2.24) is 15.0 Å². The normalized spacial score (nSPS) is 21.7. The molecule has 1 aromatic heterocycles. The molecule has 1 aromatic carbocycles. The summed E-state index contributed by atoms with van der Waals surface area (Å²) in [4.78, 5) is 6.61. The molecule has 1 fully saturated rings. The van der Waals surface area contributed by atoms with Crippen LogP contribution < -0.4 is 0 Å². The Balaban J connectivity index is 1.74. The lowest BCUT2D eigenvalue weighted by molar-refractivity contribution is 0.0649. The van der Waals surface area contributed by atoms with Crippen LogP contribution in [-0.4, -0.2) is 37.4 Å². The van der Waals surface area contributed by atoms with Crippen molar-refractivity contribution >= 4 is 0 Å². The van der Waals surface area contributed by atoms with E-state index in [9.17, 15) is 10.2 Å². The molecule has 124 valence electrons. The zero-order valence-electron chi connectivity index (χ0n) is 13.4. The molecule has 6 nitrogen and oxygen atoms in total. The summed E-state index contributed by atoms with van der Waals surface area (Å²) < 4.78 is 5.07. The first-order valence-corrected chi connectivity index (χ1v) is 8.09. The molecule has 23 heavy (non-hydrogen) atoms. The van der Waals surface area contributed by atoms with E-state index in [1.807, 2.05) is 12.1 Å². The summed E-state index contributed by atoms with van der Waals surface area (Å²) in [5, 5.41) is 23.4. The van der Waals surface area contributed by atoms with E-state index in [-0.39, 0.29) is 11.9 Å². The topological polar surface area (TPSA) is 82.6 Å². The minimum Gasteiger partial charge on any atom is -0.508 e. The molecule has 2 aromatic rings. The summed E-state index contributed by atoms with van der Waals surface area (Å²) >= 11 is 0. The van der Waals surface area contributed by atoms with Crippen LogP contribution in [0.1, 0.15) is 43.0 Å². The van der Waals surface area contributed by atoms with Gasteiger partial charge in [0.05, 0.1) is 12.6 Å². The van der Waals surface area contributed by atoms with Gasteiger partial charge >= 0.3 is 0 Å². The summed E-state index contributed by atoms with van der Waals surface area (Å²) in [5.41, 5.74) is 1.05. The number of phenolic OH excluding ortho intramolecular Hbond substituents is 1. The molecule has 0 amide bonds. The molecule has 0 radical (unpaired) electrons. The molecule has 6 heteroatoms. The van der Waals surface area contributed by atoms with Gasteiger partial charge in [0.2, 0.25) is 5.89 Å². The van der Waals surface area contributed by atoms with Crippen LogP contribution >= 0.6 is 0 Å². The number of aromatic nitrogens is 2. The van der Waals surface area contributed by atoms with Crippen molar-refractivity contribution in [3.8, 4) is 5.75 Å². The first kappa shape index (κ1) is 16.0. The molecule has 1 heterocycles. The molecule has 1 saturated carbocycles. The van der Waals surface area contributed by atoms with Gasteiger partial charge in [0, 0.05) is 19.5 Å². The predicted octanol–water partition coefficient (Wildman–Crippen LogP) is 2.39. The van der Waals surface area contributed by atoms with E-state index < -0.39 is 0 Å². The fourth-order valence-corrected chi connectivity index (χ4v) is 3.21. The molecule has 0 atom stereocenters. The van der Waals surface area contributed by atoms with Gasteiger partial charge in [-0.05, 0) is 43.4 Å². The molecule has 0 aliphatic heterocycles. The molecule has 3 rings (SSSR count). The fraction of sp³-hybridized carbons (Fsp3) is 0.529. The summed E-state index contributed by atoms with van der Waals surface area (Å²) in [6.07, 6.45) is 3.38. The monoisotopic (exact) mass is 317 g/mol. The molecule has 0 bridgehead atoms. The van der Waals surface area contributed by atoms with Gasteiger partial charge in [-0.2, -0.15) is 4.98 Å². The first-order valence-electron chi connectivity index (χ1n) is 8.09. The van der Waals surface area contributed by atoms with Crippen LogP contribution in [0.5, 0.6) is 5.75 Å². The van der Waals surface area contributed by atoms with Gasteiger partial charge in [0.1, 0.15) is 5.75 Å². The Morgan fingerprint density at radius 3 is 2.65 bits per heavy atom. The first-order chi connectivity index (χ1) is 11.1. The van der Waals surface area contributed by atoms with Crippen LogP contribution in [0, 0.1) is 6.92 Å². The Kier molecular flexibility index (Phi) is 4.93. The maximum absolute atomic E-state index is 9.74. The zero-order chi connectivity index (χ0) is 16.2. The third-order valence-corrected chi connectivity index (χ3v) is 4.39. The number of aliphatic hydroxyl groups excluding tert-OH is 1. The van der Waals surface area contributed by atoms with Crippen LogP contribution in [0.3, 0.4) is 0 Å². The van der Waals surface area contributed by atoms with Crippen molar-refractivity contribution in [2.24, 2.45) is 0 Å². The van der Waals surface area contributed by atoms with E-state index in [1.54, 1.807) is 19.1 Å². The average molecular weight is 317 g/mol. The molecular weight excluding hydrogens is 294 g/mol. The van der Waals surface area contributed by atoms with Crippen molar-refractivity contribution in [3.63, 3.8) is 0 Å². The number of hydrogen-bond acceptors (Lipinski definition) is 6. The van der Waals surface area contributed by atoms with Crippen LogP contribution in [0.2, 0.25) is 0 Å². The number of rotatable bonds is 5. The van der Waals surface area contributed by atoms with Gasteiger partial charge in [-0.25, -0.2) is 0 Å². The van der Waals surface area contributed by atoms with Crippen LogP contribution in [0.4, 0.5) is 0 Å². The molecular formula is C17H23N3O3. The van der Waals surface area contributed by atoms with Gasteiger partial charge in [0.15, 0.2) is 5.82 Å². The minimum atomic E-state index is -0.179. The maximum atomic E-state index is 9.74. The van der Waals surface area contributed by atoms with Gasteiger partial charge in [0.25, 0.3) is 0 Å². The molecule has 0 saturated heterocycles. The number of phenols is 1. The number of benzene rings is 1. The second kappa shape index (κ2) is 7.10. The van der Waals surface area contributed by atoms with Gasteiger partial charge < -0.3 is 14.7 Å². The number of hydrogen-bond donors (Lipinski definition) is 2. The standard InChI is InChI=1S/C17H23N3O3/c1-12-18-17(19-23-12)11-20(14-5-7-15(21)8-6-14)10-13-3-2-4-16(22)9-13/h2-4,9,14-15,21-22H,5-8,10-11H2,1H3. The van der Waals surface area contributed by atoms with Gasteiger partial charge in [-0.1, -0.05) is 17.3 Å². The molecule has 0 spiro atoms. The highest BCUT2D eigenvalue weighted by atomic mass is 16.5. The van der Waals surface area contributed by atoms with Crippen LogP contribution in [0.25, 0.3) is 0 Å². The average Bonchev–Trinajstić information content (AvgIpc) is 2.93. The van der Waals surface area contributed by atoms with Crippen molar-refractivity contribution < 1.29 is 14.7 Å². The lowest BCUT2D eigenvalue weighted by Gasteiger charge is -2.35. The van der Waals surface area contributed by atoms with Crippen molar-refractivity contribution in [1.29, 1.82) is 0 Å². The molecule has 2 N–H and O–H groups in total. The number of aryl methyl sites for hydroxylation is 1. The third-order valence-electron chi connectivity index (χ3n) is 4.39. The fourth-order valence-electron chi connectivity index (χ4n) is 3.21. The Labute approximate surface area is 135 Å². The Hall–Kier alpha value is -1.92. The van der Waals surface area contributed by atoms with Crippen LogP contribution in [0.15, 0.2) is 28.8 Å². The number of aromatic hydroxyl groups is 1. The highest BCUT2D eigenvalue weighted by Crippen LogP contribution is 2.26. The van der Waals surface area contributed by atoms with Crippen molar-refractivity contribution in [2.45, 2.75) is 57.8 Å². The quantitative estimate of drug-likeness (QED) is 0.881. The third kappa shape index (κ3) is 4.30. The largest absolute Gasteiger partial charge is 0.508 e. The minimum absolute atomic E-state index is 0.179. The van der Waals surface area contributed by atoms with E-state index in [0.717, 1.165) is 31.2 Å². The van der Waals surface area contributed by atoms with E-state index in [1.165, 1.54) is 0 Å². The zero-order valence-corrected chi connectivity index (χ0v) is 13.4. The lowest BCUT2D eigenvalue weighted by atomic mass is 9.91. The second-order valence-electron chi connectivity index (χ2n) is 6.27. The predicted molar refractivity (Wildman–Crippen MR) is 84.7 cm³/mol. The summed E-state index contributed by atoms with van der Waals surface area (Å²) in [5.74, 6) is 1.52. The Bertz CT molecular complexity index is 636. The highest BCUT2D eigenvalue weighted by molar-refractivity contribution is 5.27. The maximum Gasteiger partial charge on any atom is 0.223 e. The SMILES string of the molecule is Cc1nc(CN(Cc2cccc(O)c2)C2CCC(O)CC2)no1. The highest BCUT2D eigenvalue weighted by Gasteiger charge is 2.26. The second-order valence-corrected chi connectivity index (χ2v) is 6.27. The van der Waals surface area contributed by atoms with E-state index in [2.05, 4.69) is 15.0 Å². The summed E-state index contributed by atoms with van der Waals surface area (Å²) in [6.45, 7) is 3.10. The lowest BCUT2D eigenvalue weighted by Crippen LogP contribution is -2.38. The van der Waals surface area contributed by atoms with Crippen molar-refractivity contribution in [3.05, 3.63) is 41.5 Å². The number of nitrogens with zero attached hydrogens (tertiary/aromatic N) is 3. The number of aliphatic hydroxyl groups is 1. The Morgan fingerprint density at radius 2 is 2.00 bits per heavy atom. The smallest absolute Gasteiger partial charge is 0.223 e. The van der Waals surface area contributed by atoms with Gasteiger partial charge in [-0.3, -0.25) is 4.90 Å². The van der Waals surface area contributed by atoms with E-state index in [4.69, 9.17) is 4.52 Å². The van der Waals surface area contributed by atoms with E-state index in [0.29, 0.717) is 30.8 Å². The summed E-state index contributed by atoms with van der Waals surface area (Å²) in [6, 6.07) is 7.69. The van der Waals surface area contributed by atoms with Crippen LogP contribution in [-0.2, 0) is 13.1 Å². The molecule has 1 aliphatic rings.